The van der Waals surface area contributed by atoms with Crippen LogP contribution in [-0.2, 0) is 24.1 Å². The summed E-state index contributed by atoms with van der Waals surface area (Å²) in [5.41, 5.74) is 0.868. The molecule has 3 rings (SSSR count). The topological polar surface area (TPSA) is 67.5 Å². The number of hydrogen-bond acceptors (Lipinski definition) is 6. The van der Waals surface area contributed by atoms with Gasteiger partial charge in [-0.2, -0.15) is 0 Å². The van der Waals surface area contributed by atoms with Crippen molar-refractivity contribution in [1.82, 2.24) is 10.5 Å². The number of nitrogens with zero attached hydrogens (tertiary/aromatic N) is 1. The number of rotatable bonds is 7. The van der Waals surface area contributed by atoms with Gasteiger partial charge in [0, 0.05) is 30.3 Å². The van der Waals surface area contributed by atoms with Crippen LogP contribution in [0, 0.1) is 0 Å². The van der Waals surface area contributed by atoms with Crippen LogP contribution < -0.4 is 5.32 Å². The van der Waals surface area contributed by atoms with Gasteiger partial charge in [0.1, 0.15) is 5.76 Å². The van der Waals surface area contributed by atoms with Crippen LogP contribution in [0.1, 0.15) is 16.3 Å². The van der Waals surface area contributed by atoms with Crippen molar-refractivity contribution in [3.05, 3.63) is 39.9 Å². The Balaban J connectivity index is 1.60. The van der Waals surface area contributed by atoms with Crippen LogP contribution in [0.3, 0.4) is 0 Å². The Bertz CT molecular complexity index is 534. The third kappa shape index (κ3) is 3.09. The summed E-state index contributed by atoms with van der Waals surface area (Å²) < 4.78 is 10.6. The van der Waals surface area contributed by atoms with E-state index in [1.807, 2.05) is 6.07 Å². The lowest BCUT2D eigenvalue weighted by Crippen LogP contribution is -2.61. The van der Waals surface area contributed by atoms with E-state index in [2.05, 4.69) is 28.0 Å². The van der Waals surface area contributed by atoms with Crippen LogP contribution in [0.5, 0.6) is 0 Å². The number of nitrogens with one attached hydrogen (secondary N) is 1. The largest absolute Gasteiger partial charge is 0.396 e. The molecule has 0 bridgehead atoms. The average Bonchev–Trinajstić information content (AvgIpc) is 3.04. The zero-order chi connectivity index (χ0) is 13.8. The first kappa shape index (κ1) is 13.8. The maximum atomic E-state index is 8.89. The van der Waals surface area contributed by atoms with Crippen molar-refractivity contribution in [2.24, 2.45) is 0 Å². The minimum Gasteiger partial charge on any atom is -0.396 e. The van der Waals surface area contributed by atoms with E-state index >= 15 is 0 Å². The van der Waals surface area contributed by atoms with E-state index in [9.17, 15) is 0 Å². The van der Waals surface area contributed by atoms with Crippen molar-refractivity contribution in [3.8, 4) is 0 Å². The van der Waals surface area contributed by atoms with Crippen LogP contribution >= 0.6 is 11.3 Å². The Morgan fingerprint density at radius 2 is 2.35 bits per heavy atom. The zero-order valence-electron chi connectivity index (χ0n) is 11.2. The molecule has 0 spiro atoms. The third-order valence-electron chi connectivity index (χ3n) is 3.46. The number of ether oxygens (including phenoxy) is 1. The molecular weight excluding hydrogens is 276 g/mol. The van der Waals surface area contributed by atoms with Gasteiger partial charge in [-0.1, -0.05) is 11.2 Å². The Kier molecular flexibility index (Phi) is 4.16. The zero-order valence-corrected chi connectivity index (χ0v) is 12.0. The van der Waals surface area contributed by atoms with Gasteiger partial charge in [0.2, 0.25) is 0 Å². The average molecular weight is 294 g/mol. The molecule has 5 nitrogen and oxygen atoms in total. The molecule has 108 valence electrons. The number of aliphatic hydroxyl groups is 1. The maximum Gasteiger partial charge on any atom is 0.139 e. The Morgan fingerprint density at radius 3 is 3.00 bits per heavy atom. The number of aromatic nitrogens is 1. The van der Waals surface area contributed by atoms with Gasteiger partial charge < -0.3 is 19.7 Å². The molecule has 0 atom stereocenters. The number of hydrogen-bond donors (Lipinski definition) is 2. The smallest absolute Gasteiger partial charge is 0.139 e. The summed E-state index contributed by atoms with van der Waals surface area (Å²) >= 11 is 1.75. The standard InChI is InChI=1S/C14H18N2O3S/c17-4-3-12-6-11(16-19-12)7-14(9-18-10-14)15-8-13-2-1-5-20-13/h1-2,5-6,15,17H,3-4,7-10H2. The summed E-state index contributed by atoms with van der Waals surface area (Å²) in [6.07, 6.45) is 1.30. The van der Waals surface area contributed by atoms with Gasteiger partial charge in [-0.05, 0) is 11.4 Å². The summed E-state index contributed by atoms with van der Waals surface area (Å²) in [7, 11) is 0. The van der Waals surface area contributed by atoms with Gasteiger partial charge in [0.15, 0.2) is 0 Å². The summed E-state index contributed by atoms with van der Waals surface area (Å²) in [5, 5.41) is 18.6. The van der Waals surface area contributed by atoms with Crippen LogP contribution in [-0.4, -0.2) is 35.6 Å². The van der Waals surface area contributed by atoms with Crippen molar-refractivity contribution in [1.29, 1.82) is 0 Å². The van der Waals surface area contributed by atoms with E-state index < -0.39 is 0 Å². The molecule has 0 amide bonds. The molecule has 2 N–H and O–H groups in total. The molecule has 20 heavy (non-hydrogen) atoms. The highest BCUT2D eigenvalue weighted by molar-refractivity contribution is 7.09. The summed E-state index contributed by atoms with van der Waals surface area (Å²) in [5.74, 6) is 0.733. The molecule has 0 unspecified atom stereocenters. The Labute approximate surface area is 121 Å². The molecule has 1 fully saturated rings. The highest BCUT2D eigenvalue weighted by Gasteiger charge is 2.39. The van der Waals surface area contributed by atoms with Crippen LogP contribution in [0.25, 0.3) is 0 Å². The molecule has 1 aliphatic heterocycles. The Hall–Kier alpha value is -1.21. The number of aliphatic hydroxyl groups excluding tert-OH is 1. The molecular formula is C14H18N2O3S. The van der Waals surface area contributed by atoms with Crippen molar-refractivity contribution in [2.45, 2.75) is 24.9 Å². The molecule has 0 aromatic carbocycles. The SMILES string of the molecule is OCCc1cc(CC2(NCc3cccs3)COC2)no1. The van der Waals surface area contributed by atoms with E-state index in [1.54, 1.807) is 11.3 Å². The predicted octanol–water partition coefficient (Wildman–Crippen LogP) is 1.37. The monoisotopic (exact) mass is 294 g/mol. The molecule has 1 saturated heterocycles. The van der Waals surface area contributed by atoms with E-state index in [-0.39, 0.29) is 12.1 Å². The minimum atomic E-state index is -0.0443. The molecule has 6 heteroatoms. The van der Waals surface area contributed by atoms with Crippen molar-refractivity contribution < 1.29 is 14.4 Å². The van der Waals surface area contributed by atoms with Crippen molar-refractivity contribution >= 4 is 11.3 Å². The van der Waals surface area contributed by atoms with E-state index in [0.717, 1.165) is 24.4 Å². The lowest BCUT2D eigenvalue weighted by molar-refractivity contribution is -0.0754. The summed E-state index contributed by atoms with van der Waals surface area (Å²) in [6, 6.07) is 6.11. The summed E-state index contributed by atoms with van der Waals surface area (Å²) in [4.78, 5) is 1.32. The third-order valence-corrected chi connectivity index (χ3v) is 4.34. The first-order chi connectivity index (χ1) is 9.80. The van der Waals surface area contributed by atoms with Crippen LogP contribution in [0.4, 0.5) is 0 Å². The molecule has 1 aliphatic rings. The fourth-order valence-corrected chi connectivity index (χ4v) is 2.96. The summed E-state index contributed by atoms with van der Waals surface area (Å²) in [6.45, 7) is 2.32. The van der Waals surface area contributed by atoms with Gasteiger partial charge in [0.05, 0.1) is 31.1 Å². The quantitative estimate of drug-likeness (QED) is 0.807. The molecule has 0 aliphatic carbocycles. The lowest BCUT2D eigenvalue weighted by Gasteiger charge is -2.41. The van der Waals surface area contributed by atoms with E-state index in [4.69, 9.17) is 14.4 Å². The van der Waals surface area contributed by atoms with Crippen molar-refractivity contribution in [2.75, 3.05) is 19.8 Å². The molecule has 3 heterocycles. The molecule has 0 radical (unpaired) electrons. The second kappa shape index (κ2) is 6.05. The van der Waals surface area contributed by atoms with E-state index in [1.165, 1.54) is 4.88 Å². The molecule has 2 aromatic heterocycles. The first-order valence-electron chi connectivity index (χ1n) is 6.70. The first-order valence-corrected chi connectivity index (χ1v) is 7.58. The lowest BCUT2D eigenvalue weighted by atomic mass is 9.91. The second-order valence-corrected chi connectivity index (χ2v) is 6.17. The maximum absolute atomic E-state index is 8.89. The van der Waals surface area contributed by atoms with Gasteiger partial charge >= 0.3 is 0 Å². The van der Waals surface area contributed by atoms with Crippen molar-refractivity contribution in [3.63, 3.8) is 0 Å². The van der Waals surface area contributed by atoms with Gasteiger partial charge in [-0.3, -0.25) is 0 Å². The number of thiophene rings is 1. The van der Waals surface area contributed by atoms with Gasteiger partial charge in [0.25, 0.3) is 0 Å². The minimum absolute atomic E-state index is 0.0443. The van der Waals surface area contributed by atoms with Crippen LogP contribution in [0.15, 0.2) is 28.1 Å². The highest BCUT2D eigenvalue weighted by atomic mass is 32.1. The van der Waals surface area contributed by atoms with E-state index in [0.29, 0.717) is 19.6 Å². The Morgan fingerprint density at radius 1 is 1.45 bits per heavy atom. The normalized spacial score (nSPS) is 17.1. The highest BCUT2D eigenvalue weighted by Crippen LogP contribution is 2.23. The second-order valence-electron chi connectivity index (χ2n) is 5.14. The van der Waals surface area contributed by atoms with Gasteiger partial charge in [-0.15, -0.1) is 11.3 Å². The molecule has 2 aromatic rings. The van der Waals surface area contributed by atoms with Gasteiger partial charge in [-0.25, -0.2) is 0 Å². The van der Waals surface area contributed by atoms with Crippen LogP contribution in [0.2, 0.25) is 0 Å². The fraction of sp³-hybridized carbons (Fsp3) is 0.500. The fourth-order valence-electron chi connectivity index (χ4n) is 2.32. The predicted molar refractivity (Wildman–Crippen MR) is 75.7 cm³/mol. The molecule has 0 saturated carbocycles.